The van der Waals surface area contributed by atoms with Crippen LogP contribution in [0.2, 0.25) is 5.02 Å². The van der Waals surface area contributed by atoms with E-state index in [2.05, 4.69) is 15.4 Å². The van der Waals surface area contributed by atoms with Gasteiger partial charge in [-0.2, -0.15) is 18.3 Å². The number of amides is 1. The van der Waals surface area contributed by atoms with Crippen molar-refractivity contribution in [2.24, 2.45) is 0 Å². The summed E-state index contributed by atoms with van der Waals surface area (Å²) >= 11 is 5.54. The Hall–Kier alpha value is -2.35. The number of benzene rings is 1. The monoisotopic (exact) mass is 358 g/mol. The fraction of sp³-hybridized carbons (Fsp3) is 0.267. The summed E-state index contributed by atoms with van der Waals surface area (Å²) in [7, 11) is 0. The largest absolute Gasteiger partial charge is 0.417 e. The molecule has 128 valence electrons. The van der Waals surface area contributed by atoms with Crippen molar-refractivity contribution >= 4 is 23.6 Å². The fourth-order valence-electron chi connectivity index (χ4n) is 1.98. The van der Waals surface area contributed by atoms with E-state index in [1.807, 2.05) is 0 Å². The standard InChI is InChI=1S/C15H14ClF3N4O/c1-10(7-23-9-20-8-21-23)22-14(24)5-3-11-2-4-13(16)12(6-11)15(17,18)19/h2-6,8-10H,7H2,1H3,(H,22,24). The molecule has 0 saturated carbocycles. The molecule has 1 unspecified atom stereocenters. The minimum atomic E-state index is -4.55. The van der Waals surface area contributed by atoms with Crippen LogP contribution in [0, 0.1) is 0 Å². The SMILES string of the molecule is CC(Cn1cncn1)NC(=O)C=Cc1ccc(Cl)c(C(F)(F)F)c1. The molecule has 2 rings (SSSR count). The van der Waals surface area contributed by atoms with E-state index >= 15 is 0 Å². The molecule has 1 amide bonds. The molecule has 0 aliphatic carbocycles. The van der Waals surface area contributed by atoms with Crippen LogP contribution in [0.4, 0.5) is 13.2 Å². The molecule has 9 heteroatoms. The van der Waals surface area contributed by atoms with E-state index in [0.29, 0.717) is 6.54 Å². The van der Waals surface area contributed by atoms with Crippen LogP contribution in [0.1, 0.15) is 18.1 Å². The zero-order chi connectivity index (χ0) is 17.7. The van der Waals surface area contributed by atoms with Crippen LogP contribution in [0.15, 0.2) is 36.9 Å². The second-order valence-corrected chi connectivity index (χ2v) is 5.50. The first-order valence-corrected chi connectivity index (χ1v) is 7.31. The zero-order valence-corrected chi connectivity index (χ0v) is 13.3. The van der Waals surface area contributed by atoms with Gasteiger partial charge in [-0.15, -0.1) is 0 Å². The highest BCUT2D eigenvalue weighted by Crippen LogP contribution is 2.35. The van der Waals surface area contributed by atoms with Crippen molar-refractivity contribution in [3.63, 3.8) is 0 Å². The van der Waals surface area contributed by atoms with Crippen molar-refractivity contribution < 1.29 is 18.0 Å². The Labute approximate surface area is 141 Å². The second kappa shape index (κ2) is 7.48. The van der Waals surface area contributed by atoms with E-state index in [-0.39, 0.29) is 16.6 Å². The first-order chi connectivity index (χ1) is 11.3. The number of rotatable bonds is 5. The molecule has 0 aliphatic heterocycles. The smallest absolute Gasteiger partial charge is 0.348 e. The highest BCUT2D eigenvalue weighted by atomic mass is 35.5. The van der Waals surface area contributed by atoms with Gasteiger partial charge in [-0.3, -0.25) is 9.48 Å². The Kier molecular flexibility index (Phi) is 5.61. The Morgan fingerprint density at radius 3 is 2.83 bits per heavy atom. The predicted octanol–water partition coefficient (Wildman–Crippen LogP) is 3.17. The average molecular weight is 359 g/mol. The molecule has 0 bridgehead atoms. The molecule has 1 atom stereocenters. The van der Waals surface area contributed by atoms with E-state index in [1.165, 1.54) is 30.9 Å². The molecule has 0 saturated heterocycles. The molecular weight excluding hydrogens is 345 g/mol. The Morgan fingerprint density at radius 2 is 2.21 bits per heavy atom. The third kappa shape index (κ3) is 5.09. The van der Waals surface area contributed by atoms with Crippen LogP contribution in [0.25, 0.3) is 6.08 Å². The summed E-state index contributed by atoms with van der Waals surface area (Å²) in [5, 5.41) is 6.21. The van der Waals surface area contributed by atoms with E-state index in [1.54, 1.807) is 11.6 Å². The Bertz CT molecular complexity index is 729. The summed E-state index contributed by atoms with van der Waals surface area (Å²) in [6.45, 7) is 2.20. The maximum absolute atomic E-state index is 12.8. The summed E-state index contributed by atoms with van der Waals surface area (Å²) < 4.78 is 39.9. The molecule has 0 spiro atoms. The molecule has 1 N–H and O–H groups in total. The van der Waals surface area contributed by atoms with Crippen molar-refractivity contribution in [3.8, 4) is 0 Å². The van der Waals surface area contributed by atoms with Crippen molar-refractivity contribution in [1.82, 2.24) is 20.1 Å². The number of carbonyl (C=O) groups excluding carboxylic acids is 1. The number of hydrogen-bond acceptors (Lipinski definition) is 3. The van der Waals surface area contributed by atoms with E-state index in [4.69, 9.17) is 11.6 Å². The first kappa shape index (κ1) is 18.0. The minimum absolute atomic E-state index is 0.222. The van der Waals surface area contributed by atoms with Gasteiger partial charge in [-0.1, -0.05) is 17.7 Å². The van der Waals surface area contributed by atoms with Gasteiger partial charge in [0.2, 0.25) is 5.91 Å². The van der Waals surface area contributed by atoms with E-state index in [0.717, 1.165) is 12.1 Å². The number of alkyl halides is 3. The lowest BCUT2D eigenvalue weighted by molar-refractivity contribution is -0.137. The summed E-state index contributed by atoms with van der Waals surface area (Å²) in [5.41, 5.74) is -0.711. The van der Waals surface area contributed by atoms with Crippen LogP contribution in [-0.4, -0.2) is 26.7 Å². The fourth-order valence-corrected chi connectivity index (χ4v) is 2.20. The third-order valence-corrected chi connectivity index (χ3v) is 3.37. The van der Waals surface area contributed by atoms with Gasteiger partial charge in [-0.25, -0.2) is 4.98 Å². The number of carbonyl (C=O) groups is 1. The molecule has 1 heterocycles. The topological polar surface area (TPSA) is 59.8 Å². The van der Waals surface area contributed by atoms with Gasteiger partial charge < -0.3 is 5.32 Å². The summed E-state index contributed by atoms with van der Waals surface area (Å²) in [4.78, 5) is 15.6. The molecule has 0 fully saturated rings. The molecule has 24 heavy (non-hydrogen) atoms. The van der Waals surface area contributed by atoms with Crippen LogP contribution >= 0.6 is 11.6 Å². The highest BCUT2D eigenvalue weighted by Gasteiger charge is 2.33. The Balaban J connectivity index is 1.98. The zero-order valence-electron chi connectivity index (χ0n) is 12.6. The Morgan fingerprint density at radius 1 is 1.46 bits per heavy atom. The summed E-state index contributed by atoms with van der Waals surface area (Å²) in [5.74, 6) is -0.425. The molecular formula is C15H14ClF3N4O. The van der Waals surface area contributed by atoms with Crippen molar-refractivity contribution in [1.29, 1.82) is 0 Å². The molecule has 2 aromatic rings. The minimum Gasteiger partial charge on any atom is -0.348 e. The molecule has 0 aliphatic rings. The quantitative estimate of drug-likeness (QED) is 0.835. The summed E-state index contributed by atoms with van der Waals surface area (Å²) in [6, 6.07) is 3.22. The van der Waals surface area contributed by atoms with Gasteiger partial charge in [-0.05, 0) is 30.7 Å². The molecule has 0 radical (unpaired) electrons. The maximum atomic E-state index is 12.8. The average Bonchev–Trinajstić information content (AvgIpc) is 2.97. The lowest BCUT2D eigenvalue weighted by Crippen LogP contribution is -2.34. The number of aromatic nitrogens is 3. The maximum Gasteiger partial charge on any atom is 0.417 e. The van der Waals surface area contributed by atoms with Crippen LogP contribution in [-0.2, 0) is 17.5 Å². The first-order valence-electron chi connectivity index (χ1n) is 6.93. The van der Waals surface area contributed by atoms with Crippen LogP contribution in [0.5, 0.6) is 0 Å². The molecule has 1 aromatic heterocycles. The van der Waals surface area contributed by atoms with Gasteiger partial charge in [0.25, 0.3) is 0 Å². The molecule has 1 aromatic carbocycles. The number of nitrogens with one attached hydrogen (secondary N) is 1. The summed E-state index contributed by atoms with van der Waals surface area (Å²) in [6.07, 6.45) is 0.817. The third-order valence-electron chi connectivity index (χ3n) is 3.04. The van der Waals surface area contributed by atoms with Gasteiger partial charge in [0, 0.05) is 12.1 Å². The van der Waals surface area contributed by atoms with Gasteiger partial charge in [0.05, 0.1) is 17.1 Å². The normalized spacial score (nSPS) is 13.2. The number of halogens is 4. The van der Waals surface area contributed by atoms with Gasteiger partial charge >= 0.3 is 6.18 Å². The van der Waals surface area contributed by atoms with Crippen LogP contribution < -0.4 is 5.32 Å². The highest BCUT2D eigenvalue weighted by molar-refractivity contribution is 6.31. The van der Waals surface area contributed by atoms with Gasteiger partial charge in [0.15, 0.2) is 0 Å². The lowest BCUT2D eigenvalue weighted by Gasteiger charge is -2.12. The second-order valence-electron chi connectivity index (χ2n) is 5.10. The van der Waals surface area contributed by atoms with Crippen molar-refractivity contribution in [2.75, 3.05) is 0 Å². The van der Waals surface area contributed by atoms with Gasteiger partial charge in [0.1, 0.15) is 12.7 Å². The van der Waals surface area contributed by atoms with Crippen LogP contribution in [0.3, 0.4) is 0 Å². The van der Waals surface area contributed by atoms with Crippen molar-refractivity contribution in [2.45, 2.75) is 25.7 Å². The lowest BCUT2D eigenvalue weighted by atomic mass is 10.1. The van der Waals surface area contributed by atoms with Crippen molar-refractivity contribution in [3.05, 3.63) is 53.1 Å². The van der Waals surface area contributed by atoms with E-state index in [9.17, 15) is 18.0 Å². The molecule has 5 nitrogen and oxygen atoms in total. The number of hydrogen-bond donors (Lipinski definition) is 1. The predicted molar refractivity (Wildman–Crippen MR) is 83.1 cm³/mol. The number of nitrogens with zero attached hydrogens (tertiary/aromatic N) is 3. The van der Waals surface area contributed by atoms with E-state index < -0.39 is 17.6 Å².